The average Bonchev–Trinajstić information content (AvgIpc) is 2.89. The number of rotatable bonds is 6. The monoisotopic (exact) mass is 409 g/mol. The van der Waals surface area contributed by atoms with Gasteiger partial charge in [-0.05, 0) is 37.7 Å². The van der Waals surface area contributed by atoms with Crippen molar-refractivity contribution in [3.05, 3.63) is 16.0 Å². The maximum absolute atomic E-state index is 12.7. The number of esters is 1. The molecule has 1 aliphatic rings. The Kier molecular flexibility index (Phi) is 7.60. The van der Waals surface area contributed by atoms with Gasteiger partial charge in [-0.25, -0.2) is 4.79 Å². The van der Waals surface area contributed by atoms with Crippen molar-refractivity contribution < 1.29 is 19.1 Å². The zero-order chi connectivity index (χ0) is 21.0. The number of carbonyl (C=O) groups is 3. The van der Waals surface area contributed by atoms with Gasteiger partial charge in [0.15, 0.2) is 0 Å². The van der Waals surface area contributed by atoms with E-state index >= 15 is 0 Å². The van der Waals surface area contributed by atoms with E-state index < -0.39 is 5.97 Å². The summed E-state index contributed by atoms with van der Waals surface area (Å²) in [5.74, 6) is 0.202. The largest absolute Gasteiger partial charge is 0.462 e. The van der Waals surface area contributed by atoms with Crippen molar-refractivity contribution in [1.82, 2.24) is 9.80 Å². The highest BCUT2D eigenvalue weighted by Gasteiger charge is 2.28. The highest BCUT2D eigenvalue weighted by molar-refractivity contribution is 7.18. The minimum Gasteiger partial charge on any atom is -0.462 e. The number of thiophene rings is 1. The van der Waals surface area contributed by atoms with Gasteiger partial charge in [0.2, 0.25) is 5.91 Å². The van der Waals surface area contributed by atoms with Gasteiger partial charge in [-0.1, -0.05) is 13.8 Å². The van der Waals surface area contributed by atoms with Crippen molar-refractivity contribution in [3.8, 4) is 0 Å². The minimum atomic E-state index is -0.524. The summed E-state index contributed by atoms with van der Waals surface area (Å²) in [6.45, 7) is 10.1. The molecule has 2 atom stereocenters. The molecule has 0 aliphatic carbocycles. The first-order chi connectivity index (χ1) is 13.1. The summed E-state index contributed by atoms with van der Waals surface area (Å²) in [6.07, 6.45) is 1.17. The van der Waals surface area contributed by atoms with Crippen LogP contribution in [0.25, 0.3) is 0 Å². The zero-order valence-electron chi connectivity index (χ0n) is 17.6. The molecule has 1 N–H and O–H groups in total. The molecule has 2 heterocycles. The Morgan fingerprint density at radius 3 is 2.36 bits per heavy atom. The van der Waals surface area contributed by atoms with Crippen LogP contribution in [-0.4, -0.2) is 67.9 Å². The summed E-state index contributed by atoms with van der Waals surface area (Å²) in [4.78, 5) is 41.6. The van der Waals surface area contributed by atoms with Crippen LogP contribution in [0.3, 0.4) is 0 Å². The van der Waals surface area contributed by atoms with Crippen molar-refractivity contribution in [3.63, 3.8) is 0 Å². The van der Waals surface area contributed by atoms with E-state index in [1.165, 1.54) is 11.3 Å². The number of anilines is 1. The fourth-order valence-electron chi connectivity index (χ4n) is 3.75. The molecule has 2 rings (SSSR count). The summed E-state index contributed by atoms with van der Waals surface area (Å²) in [5.41, 5.74) is 0.809. The smallest absolute Gasteiger partial charge is 0.341 e. The summed E-state index contributed by atoms with van der Waals surface area (Å²) >= 11 is 1.13. The fourth-order valence-corrected chi connectivity index (χ4v) is 4.98. The molecule has 0 aromatic carbocycles. The molecule has 156 valence electrons. The van der Waals surface area contributed by atoms with Crippen molar-refractivity contribution in [2.24, 2.45) is 11.8 Å². The van der Waals surface area contributed by atoms with Gasteiger partial charge in [0, 0.05) is 27.2 Å². The van der Waals surface area contributed by atoms with Crippen molar-refractivity contribution in [2.75, 3.05) is 45.7 Å². The summed E-state index contributed by atoms with van der Waals surface area (Å²) in [6, 6.07) is 0. The Morgan fingerprint density at radius 1 is 1.21 bits per heavy atom. The molecular weight excluding hydrogens is 378 g/mol. The standard InChI is InChI=1S/C20H31N3O4S/c1-7-27-20(26)16-14(4)17(19(25)22(5)6)28-18(16)21-15(24)11-23-9-12(2)8-13(3)10-23/h12-13H,7-11H2,1-6H3,(H,21,24)/t12-,13-/m1/s1. The van der Waals surface area contributed by atoms with Crippen LogP contribution in [0.4, 0.5) is 5.00 Å². The molecule has 0 spiro atoms. The van der Waals surface area contributed by atoms with Crippen molar-refractivity contribution in [1.29, 1.82) is 0 Å². The number of amides is 2. The number of carbonyl (C=O) groups excluding carboxylic acids is 3. The van der Waals surface area contributed by atoms with E-state index in [-0.39, 0.29) is 30.5 Å². The van der Waals surface area contributed by atoms with Crippen LogP contribution in [0, 0.1) is 18.8 Å². The van der Waals surface area contributed by atoms with Crippen LogP contribution in [0.1, 0.15) is 52.8 Å². The molecule has 1 aliphatic heterocycles. The van der Waals surface area contributed by atoms with Crippen LogP contribution in [0.5, 0.6) is 0 Å². The molecular formula is C20H31N3O4S. The number of likely N-dealkylation sites (tertiary alicyclic amines) is 1. The lowest BCUT2D eigenvalue weighted by Crippen LogP contribution is -2.42. The topological polar surface area (TPSA) is 79.0 Å². The van der Waals surface area contributed by atoms with E-state index in [1.54, 1.807) is 27.9 Å². The number of nitrogens with one attached hydrogen (secondary N) is 1. The van der Waals surface area contributed by atoms with Crippen LogP contribution in [0.15, 0.2) is 0 Å². The second-order valence-electron chi connectivity index (χ2n) is 7.87. The molecule has 2 amide bonds. The number of hydrogen-bond acceptors (Lipinski definition) is 6. The van der Waals surface area contributed by atoms with Gasteiger partial charge >= 0.3 is 5.97 Å². The van der Waals surface area contributed by atoms with Gasteiger partial charge in [-0.2, -0.15) is 0 Å². The van der Waals surface area contributed by atoms with Gasteiger partial charge in [0.1, 0.15) is 5.00 Å². The molecule has 0 radical (unpaired) electrons. The Bertz CT molecular complexity index is 734. The summed E-state index contributed by atoms with van der Waals surface area (Å²) < 4.78 is 5.14. The summed E-state index contributed by atoms with van der Waals surface area (Å²) in [5, 5.41) is 3.23. The minimum absolute atomic E-state index is 0.183. The van der Waals surface area contributed by atoms with Gasteiger partial charge in [-0.3, -0.25) is 14.5 Å². The molecule has 1 fully saturated rings. The van der Waals surface area contributed by atoms with Gasteiger partial charge in [-0.15, -0.1) is 11.3 Å². The van der Waals surface area contributed by atoms with E-state index in [9.17, 15) is 14.4 Å². The van der Waals surface area contributed by atoms with E-state index in [4.69, 9.17) is 4.74 Å². The third-order valence-corrected chi connectivity index (χ3v) is 5.99. The lowest BCUT2D eigenvalue weighted by Gasteiger charge is -2.34. The molecule has 8 heteroatoms. The lowest BCUT2D eigenvalue weighted by atomic mass is 9.92. The predicted octanol–water partition coefficient (Wildman–Crippen LogP) is 2.85. The van der Waals surface area contributed by atoms with Gasteiger partial charge in [0.25, 0.3) is 5.91 Å². The first-order valence-corrected chi connectivity index (χ1v) is 10.5. The first-order valence-electron chi connectivity index (χ1n) is 9.68. The number of ether oxygens (including phenoxy) is 1. The number of nitrogens with zero attached hydrogens (tertiary/aromatic N) is 2. The Morgan fingerprint density at radius 2 is 1.82 bits per heavy atom. The van der Waals surface area contributed by atoms with Gasteiger partial charge < -0.3 is 15.0 Å². The second kappa shape index (κ2) is 9.52. The summed E-state index contributed by atoms with van der Waals surface area (Å²) in [7, 11) is 3.31. The molecule has 0 saturated carbocycles. The number of piperidine rings is 1. The van der Waals surface area contributed by atoms with Crippen LogP contribution >= 0.6 is 11.3 Å². The van der Waals surface area contributed by atoms with Gasteiger partial charge in [0.05, 0.1) is 23.6 Å². The Labute approximate surface area is 171 Å². The SMILES string of the molecule is CCOC(=O)c1c(NC(=O)CN2C[C@H](C)C[C@@H](C)C2)sc(C(=O)N(C)C)c1C. The maximum Gasteiger partial charge on any atom is 0.341 e. The highest BCUT2D eigenvalue weighted by Crippen LogP contribution is 2.34. The van der Waals surface area contributed by atoms with E-state index in [0.717, 1.165) is 24.4 Å². The normalized spacial score (nSPS) is 19.9. The third kappa shape index (κ3) is 5.32. The molecule has 1 aromatic rings. The highest BCUT2D eigenvalue weighted by atomic mass is 32.1. The number of hydrogen-bond donors (Lipinski definition) is 1. The molecule has 0 bridgehead atoms. The first kappa shape index (κ1) is 22.4. The molecule has 1 saturated heterocycles. The fraction of sp³-hybridized carbons (Fsp3) is 0.650. The molecule has 7 nitrogen and oxygen atoms in total. The maximum atomic E-state index is 12.7. The quantitative estimate of drug-likeness (QED) is 0.731. The molecule has 28 heavy (non-hydrogen) atoms. The zero-order valence-corrected chi connectivity index (χ0v) is 18.4. The Balaban J connectivity index is 2.22. The van der Waals surface area contributed by atoms with E-state index in [1.807, 2.05) is 0 Å². The second-order valence-corrected chi connectivity index (χ2v) is 8.89. The Hall–Kier alpha value is -1.93. The van der Waals surface area contributed by atoms with Crippen LogP contribution in [-0.2, 0) is 9.53 Å². The van der Waals surface area contributed by atoms with Crippen molar-refractivity contribution >= 4 is 34.1 Å². The average molecular weight is 410 g/mol. The third-order valence-electron chi connectivity index (χ3n) is 4.79. The van der Waals surface area contributed by atoms with E-state index in [2.05, 4.69) is 24.1 Å². The van der Waals surface area contributed by atoms with Crippen molar-refractivity contribution in [2.45, 2.75) is 34.1 Å². The lowest BCUT2D eigenvalue weighted by molar-refractivity contribution is -0.117. The van der Waals surface area contributed by atoms with Crippen LogP contribution in [0.2, 0.25) is 0 Å². The molecule has 1 aromatic heterocycles. The van der Waals surface area contributed by atoms with E-state index in [0.29, 0.717) is 27.3 Å². The predicted molar refractivity (Wildman–Crippen MR) is 111 cm³/mol. The molecule has 0 unspecified atom stereocenters. The van der Waals surface area contributed by atoms with Crippen LogP contribution < -0.4 is 5.32 Å².